The van der Waals surface area contributed by atoms with Crippen molar-refractivity contribution in [3.05, 3.63) is 28.8 Å². The molecule has 2 amide bonds. The molecule has 0 aliphatic heterocycles. The first-order valence-electron chi connectivity index (χ1n) is 7.50. The van der Waals surface area contributed by atoms with Crippen molar-refractivity contribution in [2.45, 2.75) is 38.6 Å². The highest BCUT2D eigenvalue weighted by atomic mass is 35.5. The minimum Gasteiger partial charge on any atom is -0.396 e. The molecule has 0 aromatic heterocycles. The zero-order valence-corrected chi connectivity index (χ0v) is 13.3. The number of aliphatic hydroxyl groups excluding tert-OH is 1. The van der Waals surface area contributed by atoms with Crippen molar-refractivity contribution in [3.63, 3.8) is 0 Å². The molecule has 1 aliphatic rings. The van der Waals surface area contributed by atoms with Crippen LogP contribution in [0, 0.1) is 5.92 Å². The molecule has 22 heavy (non-hydrogen) atoms. The number of halogens is 1. The lowest BCUT2D eigenvalue weighted by Crippen LogP contribution is -2.43. The highest BCUT2D eigenvalue weighted by molar-refractivity contribution is 6.34. The van der Waals surface area contributed by atoms with E-state index in [1.807, 2.05) is 0 Å². The molecule has 0 bridgehead atoms. The Morgan fingerprint density at radius 1 is 1.32 bits per heavy atom. The molecule has 0 radical (unpaired) electrons. The highest BCUT2D eigenvalue weighted by Crippen LogP contribution is 2.26. The fourth-order valence-electron chi connectivity index (χ4n) is 2.84. The molecule has 3 N–H and O–H groups in total. The first-order valence-corrected chi connectivity index (χ1v) is 7.88. The van der Waals surface area contributed by atoms with Crippen LogP contribution in [-0.2, 0) is 4.79 Å². The topological polar surface area (TPSA) is 78.4 Å². The molecule has 1 aromatic carbocycles. The summed E-state index contributed by atoms with van der Waals surface area (Å²) >= 11 is 6.09. The molecule has 2 rings (SSSR count). The lowest BCUT2D eigenvalue weighted by atomic mass is 9.85. The molecular weight excluding hydrogens is 304 g/mol. The molecule has 0 spiro atoms. The van der Waals surface area contributed by atoms with E-state index in [1.54, 1.807) is 18.2 Å². The second-order valence-corrected chi connectivity index (χ2v) is 6.09. The van der Waals surface area contributed by atoms with Crippen molar-refractivity contribution in [2.24, 2.45) is 5.92 Å². The first-order chi connectivity index (χ1) is 10.5. The molecule has 0 saturated heterocycles. The Bertz CT molecular complexity index is 562. The Kier molecular flexibility index (Phi) is 5.80. The average molecular weight is 325 g/mol. The Morgan fingerprint density at radius 2 is 2.05 bits per heavy atom. The van der Waals surface area contributed by atoms with Crippen LogP contribution in [0.1, 0.15) is 43.0 Å². The van der Waals surface area contributed by atoms with E-state index in [4.69, 9.17) is 11.6 Å². The van der Waals surface area contributed by atoms with Gasteiger partial charge in [-0.05, 0) is 31.0 Å². The van der Waals surface area contributed by atoms with Gasteiger partial charge in [-0.1, -0.05) is 24.4 Å². The Labute approximate surface area is 135 Å². The third-order valence-electron chi connectivity index (χ3n) is 3.99. The van der Waals surface area contributed by atoms with Crippen LogP contribution in [-0.4, -0.2) is 29.6 Å². The van der Waals surface area contributed by atoms with E-state index in [0.717, 1.165) is 25.7 Å². The number of benzene rings is 1. The Hall–Kier alpha value is -1.59. The van der Waals surface area contributed by atoms with Gasteiger partial charge in [-0.15, -0.1) is 0 Å². The van der Waals surface area contributed by atoms with Crippen LogP contribution in [0.3, 0.4) is 0 Å². The average Bonchev–Trinajstić information content (AvgIpc) is 2.49. The summed E-state index contributed by atoms with van der Waals surface area (Å²) in [5.41, 5.74) is 0.861. The highest BCUT2D eigenvalue weighted by Gasteiger charge is 2.26. The second kappa shape index (κ2) is 7.61. The number of nitrogens with one attached hydrogen (secondary N) is 2. The third-order valence-corrected chi connectivity index (χ3v) is 4.32. The maximum atomic E-state index is 12.4. The summed E-state index contributed by atoms with van der Waals surface area (Å²) in [5.74, 6) is -0.390. The number of hydrogen-bond donors (Lipinski definition) is 3. The SMILES string of the molecule is CC(=O)Nc1ccc(Cl)c(C(=O)NC2CCCCC2CO)c1. The van der Waals surface area contributed by atoms with E-state index >= 15 is 0 Å². The molecule has 120 valence electrons. The zero-order valence-electron chi connectivity index (χ0n) is 12.6. The van der Waals surface area contributed by atoms with Gasteiger partial charge in [-0.25, -0.2) is 0 Å². The Morgan fingerprint density at radius 3 is 2.73 bits per heavy atom. The van der Waals surface area contributed by atoms with Crippen molar-refractivity contribution < 1.29 is 14.7 Å². The summed E-state index contributed by atoms with van der Waals surface area (Å²) in [6, 6.07) is 4.77. The number of carbonyl (C=O) groups excluding carboxylic acids is 2. The number of anilines is 1. The van der Waals surface area contributed by atoms with Crippen LogP contribution in [0.15, 0.2) is 18.2 Å². The van der Waals surface area contributed by atoms with Crippen molar-refractivity contribution in [1.29, 1.82) is 0 Å². The quantitative estimate of drug-likeness (QED) is 0.796. The molecule has 1 fully saturated rings. The Balaban J connectivity index is 2.12. The van der Waals surface area contributed by atoms with Gasteiger partial charge in [-0.3, -0.25) is 9.59 Å². The number of rotatable bonds is 4. The third kappa shape index (κ3) is 4.21. The molecule has 6 heteroatoms. The van der Waals surface area contributed by atoms with Crippen molar-refractivity contribution in [1.82, 2.24) is 5.32 Å². The minimum atomic E-state index is -0.275. The summed E-state index contributed by atoms with van der Waals surface area (Å²) in [6.45, 7) is 1.48. The molecular formula is C16H21ClN2O3. The monoisotopic (exact) mass is 324 g/mol. The first kappa shape index (κ1) is 16.8. The normalized spacial score (nSPS) is 21.2. The van der Waals surface area contributed by atoms with Gasteiger partial charge in [0.25, 0.3) is 5.91 Å². The van der Waals surface area contributed by atoms with Crippen LogP contribution in [0.5, 0.6) is 0 Å². The number of amides is 2. The maximum Gasteiger partial charge on any atom is 0.253 e. The van der Waals surface area contributed by atoms with Gasteiger partial charge in [0.05, 0.1) is 10.6 Å². The van der Waals surface area contributed by atoms with E-state index in [1.165, 1.54) is 6.92 Å². The predicted octanol–water partition coefficient (Wildman–Crippen LogP) is 2.58. The molecule has 1 aliphatic carbocycles. The van der Waals surface area contributed by atoms with Crippen molar-refractivity contribution >= 4 is 29.1 Å². The molecule has 1 saturated carbocycles. The predicted molar refractivity (Wildman–Crippen MR) is 86.1 cm³/mol. The van der Waals surface area contributed by atoms with Crippen molar-refractivity contribution in [3.8, 4) is 0 Å². The fourth-order valence-corrected chi connectivity index (χ4v) is 3.05. The van der Waals surface area contributed by atoms with E-state index in [0.29, 0.717) is 16.3 Å². The van der Waals surface area contributed by atoms with Gasteiger partial charge in [-0.2, -0.15) is 0 Å². The molecule has 1 aromatic rings. The molecule has 5 nitrogen and oxygen atoms in total. The van der Waals surface area contributed by atoms with Gasteiger partial charge < -0.3 is 15.7 Å². The van der Waals surface area contributed by atoms with Crippen molar-refractivity contribution in [2.75, 3.05) is 11.9 Å². The number of hydrogen-bond acceptors (Lipinski definition) is 3. The standard InChI is InChI=1S/C16H21ClN2O3/c1-10(21)18-12-6-7-14(17)13(8-12)16(22)19-15-5-3-2-4-11(15)9-20/h6-8,11,15,20H,2-5,9H2,1H3,(H,18,21)(H,19,22). The fraction of sp³-hybridized carbons (Fsp3) is 0.500. The van der Waals surface area contributed by atoms with E-state index in [2.05, 4.69) is 10.6 Å². The van der Waals surface area contributed by atoms with E-state index in [-0.39, 0.29) is 30.4 Å². The second-order valence-electron chi connectivity index (χ2n) is 5.68. The maximum absolute atomic E-state index is 12.4. The summed E-state index contributed by atoms with van der Waals surface area (Å²) in [5, 5.41) is 15.3. The number of aliphatic hydroxyl groups is 1. The van der Waals surface area contributed by atoms with Gasteiger partial charge in [0.2, 0.25) is 5.91 Å². The zero-order chi connectivity index (χ0) is 16.1. The summed E-state index contributed by atoms with van der Waals surface area (Å²) in [4.78, 5) is 23.5. The van der Waals surface area contributed by atoms with E-state index < -0.39 is 0 Å². The summed E-state index contributed by atoms with van der Waals surface area (Å²) in [6.07, 6.45) is 3.90. The van der Waals surface area contributed by atoms with Crippen LogP contribution >= 0.6 is 11.6 Å². The van der Waals surface area contributed by atoms with Crippen LogP contribution in [0.4, 0.5) is 5.69 Å². The van der Waals surface area contributed by atoms with Crippen LogP contribution < -0.4 is 10.6 Å². The lowest BCUT2D eigenvalue weighted by molar-refractivity contribution is -0.114. The number of carbonyl (C=O) groups is 2. The van der Waals surface area contributed by atoms with Gasteiger partial charge in [0.1, 0.15) is 0 Å². The lowest BCUT2D eigenvalue weighted by Gasteiger charge is -2.31. The summed E-state index contributed by atoms with van der Waals surface area (Å²) < 4.78 is 0. The van der Waals surface area contributed by atoms with E-state index in [9.17, 15) is 14.7 Å². The molecule has 0 heterocycles. The van der Waals surface area contributed by atoms with Gasteiger partial charge in [0, 0.05) is 31.2 Å². The van der Waals surface area contributed by atoms with Crippen LogP contribution in [0.25, 0.3) is 0 Å². The largest absolute Gasteiger partial charge is 0.396 e. The molecule has 2 atom stereocenters. The smallest absolute Gasteiger partial charge is 0.253 e. The van der Waals surface area contributed by atoms with Gasteiger partial charge >= 0.3 is 0 Å². The van der Waals surface area contributed by atoms with Gasteiger partial charge in [0.15, 0.2) is 0 Å². The molecule has 2 unspecified atom stereocenters. The minimum absolute atomic E-state index is 0.0354. The summed E-state index contributed by atoms with van der Waals surface area (Å²) in [7, 11) is 0. The van der Waals surface area contributed by atoms with Crippen LogP contribution in [0.2, 0.25) is 5.02 Å².